The molecule has 0 fully saturated rings. The molecule has 0 aliphatic rings. The van der Waals surface area contributed by atoms with E-state index < -0.39 is 6.80 Å². The summed E-state index contributed by atoms with van der Waals surface area (Å²) < 4.78 is 21.3. The van der Waals surface area contributed by atoms with Crippen molar-refractivity contribution >= 4 is 41.5 Å². The summed E-state index contributed by atoms with van der Waals surface area (Å²) in [5.74, 6) is 0. The molecule has 0 saturated carbocycles. The van der Waals surface area contributed by atoms with Crippen LogP contribution in [0.4, 0.5) is 0 Å². The third kappa shape index (κ3) is 4.70. The van der Waals surface area contributed by atoms with Gasteiger partial charge in [0.1, 0.15) is 0 Å². The normalized spacial score (nSPS) is 11.7. The second-order valence-corrected chi connectivity index (χ2v) is 8.80. The van der Waals surface area contributed by atoms with Crippen LogP contribution < -0.4 is 0 Å². The lowest BCUT2D eigenvalue weighted by Gasteiger charge is -2.11. The molecule has 0 aliphatic heterocycles. The SMILES string of the molecule is COP(=O)(OC)SCSc1ccc(Cl)cc1. The van der Waals surface area contributed by atoms with Crippen molar-refractivity contribution in [2.24, 2.45) is 0 Å². The first-order valence-electron chi connectivity index (χ1n) is 4.34. The van der Waals surface area contributed by atoms with Gasteiger partial charge in [-0.2, -0.15) is 0 Å². The molecule has 0 bridgehead atoms. The van der Waals surface area contributed by atoms with E-state index in [-0.39, 0.29) is 0 Å². The molecule has 0 saturated heterocycles. The Balaban J connectivity index is 2.41. The lowest BCUT2D eigenvalue weighted by atomic mass is 10.4. The maximum absolute atomic E-state index is 11.7. The zero-order chi connectivity index (χ0) is 12.0. The van der Waals surface area contributed by atoms with Gasteiger partial charge in [0.25, 0.3) is 0 Å². The zero-order valence-corrected chi connectivity index (χ0v) is 12.2. The number of thioether (sulfide) groups is 1. The first-order chi connectivity index (χ1) is 7.59. The van der Waals surface area contributed by atoms with Crippen molar-refractivity contribution in [3.05, 3.63) is 29.3 Å². The Kier molecular flexibility index (Phi) is 6.26. The van der Waals surface area contributed by atoms with E-state index in [1.54, 1.807) is 11.8 Å². The molecule has 0 N–H and O–H groups in total. The van der Waals surface area contributed by atoms with Crippen LogP contribution in [0, 0.1) is 0 Å². The van der Waals surface area contributed by atoms with Crippen molar-refractivity contribution in [1.29, 1.82) is 0 Å². The van der Waals surface area contributed by atoms with Crippen LogP contribution in [0.1, 0.15) is 0 Å². The van der Waals surface area contributed by atoms with Gasteiger partial charge in [0, 0.05) is 24.1 Å². The highest BCUT2D eigenvalue weighted by molar-refractivity contribution is 8.57. The van der Waals surface area contributed by atoms with Gasteiger partial charge in [-0.05, 0) is 35.6 Å². The predicted octanol–water partition coefficient (Wildman–Crippen LogP) is 4.52. The zero-order valence-electron chi connectivity index (χ0n) is 8.88. The molecule has 16 heavy (non-hydrogen) atoms. The Morgan fingerprint density at radius 1 is 1.25 bits per heavy atom. The van der Waals surface area contributed by atoms with Crippen LogP contribution in [0.2, 0.25) is 5.02 Å². The Bertz CT molecular complexity index is 364. The van der Waals surface area contributed by atoms with Crippen molar-refractivity contribution in [3.63, 3.8) is 0 Å². The number of benzene rings is 1. The monoisotopic (exact) mass is 298 g/mol. The van der Waals surface area contributed by atoms with Gasteiger partial charge in [-0.3, -0.25) is 0 Å². The average Bonchev–Trinajstić information content (AvgIpc) is 2.31. The number of rotatable bonds is 6. The first kappa shape index (κ1) is 14.4. The summed E-state index contributed by atoms with van der Waals surface area (Å²) in [6.07, 6.45) is 0. The Morgan fingerprint density at radius 2 is 1.81 bits per heavy atom. The molecule has 90 valence electrons. The summed E-state index contributed by atoms with van der Waals surface area (Å²) >= 11 is 8.49. The number of halogens is 1. The van der Waals surface area contributed by atoms with E-state index in [1.807, 2.05) is 24.3 Å². The van der Waals surface area contributed by atoms with Crippen LogP contribution >= 0.6 is 41.5 Å². The largest absolute Gasteiger partial charge is 0.389 e. The molecule has 0 amide bonds. The van der Waals surface area contributed by atoms with Crippen molar-refractivity contribution in [3.8, 4) is 0 Å². The number of hydrogen-bond donors (Lipinski definition) is 0. The molecule has 0 atom stereocenters. The van der Waals surface area contributed by atoms with E-state index in [9.17, 15) is 4.57 Å². The topological polar surface area (TPSA) is 35.5 Å². The first-order valence-corrected chi connectivity index (χ1v) is 8.84. The minimum atomic E-state index is -2.96. The second-order valence-electron chi connectivity index (χ2n) is 2.66. The highest BCUT2D eigenvalue weighted by Gasteiger charge is 2.21. The van der Waals surface area contributed by atoms with Gasteiger partial charge in [-0.25, -0.2) is 4.57 Å². The van der Waals surface area contributed by atoms with E-state index in [1.165, 1.54) is 14.2 Å². The van der Waals surface area contributed by atoms with Crippen LogP contribution in [0.15, 0.2) is 29.2 Å². The highest BCUT2D eigenvalue weighted by Crippen LogP contribution is 2.60. The minimum absolute atomic E-state index is 0.598. The van der Waals surface area contributed by atoms with E-state index >= 15 is 0 Å². The molecule has 1 rings (SSSR count). The molecule has 0 aromatic heterocycles. The molecule has 1 aromatic carbocycles. The molecule has 0 radical (unpaired) electrons. The highest BCUT2D eigenvalue weighted by atomic mass is 35.5. The summed E-state index contributed by atoms with van der Waals surface area (Å²) in [7, 11) is 2.76. The smallest absolute Gasteiger partial charge is 0.304 e. The molecule has 0 aliphatic carbocycles. The summed E-state index contributed by atoms with van der Waals surface area (Å²) in [5.41, 5.74) is 0. The molecule has 0 spiro atoms. The van der Waals surface area contributed by atoms with Gasteiger partial charge in [0.05, 0.1) is 5.08 Å². The van der Waals surface area contributed by atoms with Crippen LogP contribution in [0.5, 0.6) is 0 Å². The lowest BCUT2D eigenvalue weighted by Crippen LogP contribution is -1.83. The van der Waals surface area contributed by atoms with E-state index in [4.69, 9.17) is 20.6 Å². The Labute approximate surface area is 109 Å². The minimum Gasteiger partial charge on any atom is -0.304 e. The molecule has 7 heteroatoms. The van der Waals surface area contributed by atoms with Crippen molar-refractivity contribution in [2.45, 2.75) is 4.90 Å². The summed E-state index contributed by atoms with van der Waals surface area (Å²) in [5, 5.41) is 1.30. The van der Waals surface area contributed by atoms with Crippen LogP contribution in [-0.4, -0.2) is 19.3 Å². The molecule has 1 aromatic rings. The summed E-state index contributed by atoms with van der Waals surface area (Å²) in [6.45, 7) is -2.96. The summed E-state index contributed by atoms with van der Waals surface area (Å²) in [6, 6.07) is 7.47. The third-order valence-corrected chi connectivity index (χ3v) is 7.45. The molecule has 0 unspecified atom stereocenters. The van der Waals surface area contributed by atoms with E-state index in [2.05, 4.69) is 0 Å². The van der Waals surface area contributed by atoms with Crippen molar-refractivity contribution in [1.82, 2.24) is 0 Å². The van der Waals surface area contributed by atoms with Gasteiger partial charge >= 0.3 is 6.80 Å². The van der Waals surface area contributed by atoms with Gasteiger partial charge in [0.2, 0.25) is 0 Å². The Morgan fingerprint density at radius 3 is 2.31 bits per heavy atom. The fourth-order valence-electron chi connectivity index (χ4n) is 0.870. The second kappa shape index (κ2) is 6.94. The standard InChI is InChI=1S/C9H12ClO3PS2/c1-12-14(11,13-2)16-7-15-9-5-3-8(10)4-6-9/h3-6H,7H2,1-2H3. The average molecular weight is 299 g/mol. The van der Waals surface area contributed by atoms with Crippen LogP contribution in [0.25, 0.3) is 0 Å². The van der Waals surface area contributed by atoms with E-state index in [0.29, 0.717) is 10.1 Å². The maximum Gasteiger partial charge on any atom is 0.389 e. The quantitative estimate of drug-likeness (QED) is 0.438. The maximum atomic E-state index is 11.7. The number of hydrogen-bond acceptors (Lipinski definition) is 5. The molecule has 3 nitrogen and oxygen atoms in total. The molecule has 0 heterocycles. The molecular weight excluding hydrogens is 287 g/mol. The van der Waals surface area contributed by atoms with Crippen LogP contribution in [-0.2, 0) is 13.6 Å². The van der Waals surface area contributed by atoms with Crippen LogP contribution in [0.3, 0.4) is 0 Å². The van der Waals surface area contributed by atoms with Gasteiger partial charge in [-0.1, -0.05) is 11.6 Å². The van der Waals surface area contributed by atoms with Crippen molar-refractivity contribution < 1.29 is 13.6 Å². The fraction of sp³-hybridized carbons (Fsp3) is 0.333. The van der Waals surface area contributed by atoms with Gasteiger partial charge < -0.3 is 9.05 Å². The Hall–Kier alpha value is 0.360. The van der Waals surface area contributed by atoms with Gasteiger partial charge in [-0.15, -0.1) is 11.8 Å². The summed E-state index contributed by atoms with van der Waals surface area (Å²) in [4.78, 5) is 1.07. The predicted molar refractivity (Wildman–Crippen MR) is 71.4 cm³/mol. The van der Waals surface area contributed by atoms with E-state index in [0.717, 1.165) is 16.3 Å². The fourth-order valence-corrected chi connectivity index (χ4v) is 5.22. The third-order valence-electron chi connectivity index (χ3n) is 1.70. The van der Waals surface area contributed by atoms with Crippen molar-refractivity contribution in [2.75, 3.05) is 19.3 Å². The lowest BCUT2D eigenvalue weighted by molar-refractivity contribution is 0.295. The van der Waals surface area contributed by atoms with Gasteiger partial charge in [0.15, 0.2) is 0 Å². The molecular formula is C9H12ClO3PS2.